The Kier molecular flexibility index (Phi) is 4.85. The highest BCUT2D eigenvalue weighted by Crippen LogP contribution is 2.29. The molecule has 0 radical (unpaired) electrons. The average molecular weight is 267 g/mol. The number of carbonyl (C=O) groups is 1. The van der Waals surface area contributed by atoms with Gasteiger partial charge < -0.3 is 15.5 Å². The van der Waals surface area contributed by atoms with Crippen molar-refractivity contribution < 1.29 is 4.79 Å². The van der Waals surface area contributed by atoms with Crippen molar-refractivity contribution in [2.75, 3.05) is 33.2 Å². The van der Waals surface area contributed by atoms with E-state index in [1.807, 2.05) is 4.90 Å². The highest BCUT2D eigenvalue weighted by atomic mass is 16.2. The Bertz CT molecular complexity index is 313. The zero-order chi connectivity index (χ0) is 13.9. The largest absolute Gasteiger partial charge is 0.341 e. The van der Waals surface area contributed by atoms with Gasteiger partial charge in [-0.2, -0.15) is 0 Å². The maximum absolute atomic E-state index is 12.6. The van der Waals surface area contributed by atoms with Crippen LogP contribution in [0.5, 0.6) is 0 Å². The van der Waals surface area contributed by atoms with Crippen molar-refractivity contribution in [1.29, 1.82) is 0 Å². The van der Waals surface area contributed by atoms with Gasteiger partial charge in [-0.15, -0.1) is 0 Å². The number of nitrogens with zero attached hydrogens (tertiary/aromatic N) is 2. The van der Waals surface area contributed by atoms with Gasteiger partial charge in [0.1, 0.15) is 0 Å². The molecule has 0 aromatic heterocycles. The molecule has 2 N–H and O–H groups in total. The van der Waals surface area contributed by atoms with Crippen LogP contribution < -0.4 is 5.73 Å². The SMILES string of the molecule is CCN(C)CC1CCN(C(=O)C2(N)CCCCC2)C1. The Morgan fingerprint density at radius 3 is 2.68 bits per heavy atom. The van der Waals surface area contributed by atoms with Crippen LogP contribution in [0.25, 0.3) is 0 Å². The van der Waals surface area contributed by atoms with Gasteiger partial charge in [-0.05, 0) is 38.8 Å². The number of likely N-dealkylation sites (tertiary alicyclic amines) is 1. The minimum Gasteiger partial charge on any atom is -0.341 e. The molecule has 2 fully saturated rings. The Hall–Kier alpha value is -0.610. The van der Waals surface area contributed by atoms with Crippen LogP contribution in [0.15, 0.2) is 0 Å². The molecule has 1 aliphatic carbocycles. The normalized spacial score (nSPS) is 26.9. The molecule has 1 amide bonds. The zero-order valence-electron chi connectivity index (χ0n) is 12.5. The molecule has 0 aromatic carbocycles. The maximum atomic E-state index is 12.6. The second-order valence-electron chi connectivity index (χ2n) is 6.48. The monoisotopic (exact) mass is 267 g/mol. The third-order valence-electron chi connectivity index (χ3n) is 4.85. The molecule has 0 spiro atoms. The number of rotatable bonds is 4. The first-order valence-electron chi connectivity index (χ1n) is 7.82. The number of hydrogen-bond donors (Lipinski definition) is 1. The lowest BCUT2D eigenvalue weighted by molar-refractivity contribution is -0.137. The number of carbonyl (C=O) groups excluding carboxylic acids is 1. The van der Waals surface area contributed by atoms with Gasteiger partial charge in [0.2, 0.25) is 5.91 Å². The summed E-state index contributed by atoms with van der Waals surface area (Å²) in [5.41, 5.74) is 5.80. The third kappa shape index (κ3) is 3.48. The summed E-state index contributed by atoms with van der Waals surface area (Å²) in [5.74, 6) is 0.843. The Morgan fingerprint density at radius 2 is 2.05 bits per heavy atom. The van der Waals surface area contributed by atoms with E-state index in [2.05, 4.69) is 18.9 Å². The summed E-state index contributed by atoms with van der Waals surface area (Å²) < 4.78 is 0. The second-order valence-corrected chi connectivity index (χ2v) is 6.48. The van der Waals surface area contributed by atoms with Crippen molar-refractivity contribution in [2.24, 2.45) is 11.7 Å². The fourth-order valence-corrected chi connectivity index (χ4v) is 3.45. The Labute approximate surface area is 117 Å². The van der Waals surface area contributed by atoms with Gasteiger partial charge >= 0.3 is 0 Å². The molecule has 1 heterocycles. The second kappa shape index (κ2) is 6.23. The van der Waals surface area contributed by atoms with Gasteiger partial charge in [-0.1, -0.05) is 26.2 Å². The highest BCUT2D eigenvalue weighted by Gasteiger charge is 2.40. The smallest absolute Gasteiger partial charge is 0.242 e. The van der Waals surface area contributed by atoms with Gasteiger partial charge in [-0.3, -0.25) is 4.79 Å². The molecule has 4 heteroatoms. The summed E-state index contributed by atoms with van der Waals surface area (Å²) in [4.78, 5) is 17.0. The molecule has 110 valence electrons. The fraction of sp³-hybridized carbons (Fsp3) is 0.933. The van der Waals surface area contributed by atoms with Crippen LogP contribution in [0.4, 0.5) is 0 Å². The topological polar surface area (TPSA) is 49.6 Å². The number of amides is 1. The van der Waals surface area contributed by atoms with Gasteiger partial charge in [0.05, 0.1) is 5.54 Å². The molecule has 1 saturated heterocycles. The van der Waals surface area contributed by atoms with Gasteiger partial charge in [-0.25, -0.2) is 0 Å². The van der Waals surface area contributed by atoms with Crippen LogP contribution in [0.1, 0.15) is 45.4 Å². The summed E-state index contributed by atoms with van der Waals surface area (Å²) >= 11 is 0. The van der Waals surface area contributed by atoms with Crippen LogP contribution in [-0.4, -0.2) is 54.5 Å². The summed E-state index contributed by atoms with van der Waals surface area (Å²) in [6.45, 7) is 6.15. The standard InChI is InChI=1S/C15H29N3O/c1-3-17(2)11-13-7-10-18(12-13)14(19)15(16)8-5-4-6-9-15/h13H,3-12,16H2,1-2H3. The van der Waals surface area contributed by atoms with E-state index in [1.54, 1.807) is 0 Å². The molecule has 1 atom stereocenters. The lowest BCUT2D eigenvalue weighted by atomic mass is 9.81. The van der Waals surface area contributed by atoms with Crippen molar-refractivity contribution in [3.63, 3.8) is 0 Å². The molecular formula is C15H29N3O. The highest BCUT2D eigenvalue weighted by molar-refractivity contribution is 5.86. The Morgan fingerprint density at radius 1 is 1.37 bits per heavy atom. The lowest BCUT2D eigenvalue weighted by Gasteiger charge is -2.35. The van der Waals surface area contributed by atoms with Crippen LogP contribution in [0, 0.1) is 5.92 Å². The van der Waals surface area contributed by atoms with Gasteiger partial charge in [0.25, 0.3) is 0 Å². The lowest BCUT2D eigenvalue weighted by Crippen LogP contribution is -2.55. The van der Waals surface area contributed by atoms with Crippen molar-refractivity contribution in [3.05, 3.63) is 0 Å². The van der Waals surface area contributed by atoms with Crippen molar-refractivity contribution >= 4 is 5.91 Å². The average Bonchev–Trinajstić information content (AvgIpc) is 2.87. The van der Waals surface area contributed by atoms with E-state index in [9.17, 15) is 4.79 Å². The molecular weight excluding hydrogens is 238 g/mol. The molecule has 1 aliphatic heterocycles. The van der Waals surface area contributed by atoms with Crippen molar-refractivity contribution in [1.82, 2.24) is 9.80 Å². The molecule has 2 aliphatic rings. The van der Waals surface area contributed by atoms with Crippen LogP contribution in [-0.2, 0) is 4.79 Å². The van der Waals surface area contributed by atoms with Crippen molar-refractivity contribution in [3.8, 4) is 0 Å². The zero-order valence-corrected chi connectivity index (χ0v) is 12.5. The molecule has 2 rings (SSSR count). The summed E-state index contributed by atoms with van der Waals surface area (Å²) in [6.07, 6.45) is 6.34. The third-order valence-corrected chi connectivity index (χ3v) is 4.85. The predicted octanol–water partition coefficient (Wildman–Crippen LogP) is 1.45. The van der Waals surface area contributed by atoms with E-state index in [-0.39, 0.29) is 5.91 Å². The molecule has 0 aromatic rings. The first-order chi connectivity index (χ1) is 9.05. The molecule has 0 bridgehead atoms. The van der Waals surface area contributed by atoms with E-state index in [4.69, 9.17) is 5.73 Å². The summed E-state index contributed by atoms with van der Waals surface area (Å²) in [5, 5.41) is 0. The van der Waals surface area contributed by atoms with Crippen LogP contribution in [0.2, 0.25) is 0 Å². The summed E-state index contributed by atoms with van der Waals surface area (Å²) in [6, 6.07) is 0. The van der Waals surface area contributed by atoms with E-state index in [1.165, 1.54) is 6.42 Å². The predicted molar refractivity (Wildman–Crippen MR) is 77.9 cm³/mol. The minimum absolute atomic E-state index is 0.217. The maximum Gasteiger partial charge on any atom is 0.242 e. The minimum atomic E-state index is -0.552. The van der Waals surface area contributed by atoms with Crippen LogP contribution >= 0.6 is 0 Å². The van der Waals surface area contributed by atoms with E-state index < -0.39 is 5.54 Å². The Balaban J connectivity index is 1.87. The number of nitrogens with two attached hydrogens (primary N) is 1. The molecule has 4 nitrogen and oxygen atoms in total. The van der Waals surface area contributed by atoms with Gasteiger partial charge in [0.15, 0.2) is 0 Å². The quantitative estimate of drug-likeness (QED) is 0.838. The molecule has 1 saturated carbocycles. The molecule has 19 heavy (non-hydrogen) atoms. The summed E-state index contributed by atoms with van der Waals surface area (Å²) in [7, 11) is 2.15. The van der Waals surface area contributed by atoms with E-state index in [0.717, 1.165) is 58.3 Å². The molecule has 1 unspecified atom stereocenters. The van der Waals surface area contributed by atoms with E-state index >= 15 is 0 Å². The van der Waals surface area contributed by atoms with Crippen LogP contribution in [0.3, 0.4) is 0 Å². The number of hydrogen-bond acceptors (Lipinski definition) is 3. The first-order valence-corrected chi connectivity index (χ1v) is 7.82. The van der Waals surface area contributed by atoms with Crippen molar-refractivity contribution in [2.45, 2.75) is 51.0 Å². The first kappa shape index (κ1) is 14.8. The fourth-order valence-electron chi connectivity index (χ4n) is 3.45. The van der Waals surface area contributed by atoms with E-state index in [0.29, 0.717) is 5.92 Å². The van der Waals surface area contributed by atoms with Gasteiger partial charge in [0, 0.05) is 19.6 Å².